The number of rotatable bonds is 5. The summed E-state index contributed by atoms with van der Waals surface area (Å²) in [6.07, 6.45) is 2.45. The quantitative estimate of drug-likeness (QED) is 0.603. The van der Waals surface area contributed by atoms with Gasteiger partial charge in [-0.3, -0.25) is 9.59 Å². The zero-order chi connectivity index (χ0) is 21.4. The van der Waals surface area contributed by atoms with Crippen LogP contribution in [0.4, 0.5) is 5.69 Å². The molecule has 1 fully saturated rings. The summed E-state index contributed by atoms with van der Waals surface area (Å²) >= 11 is 0. The van der Waals surface area contributed by atoms with Crippen molar-refractivity contribution in [2.75, 3.05) is 18.5 Å². The molecule has 3 aromatic rings. The molecule has 0 unspecified atom stereocenters. The van der Waals surface area contributed by atoms with Gasteiger partial charge in [0, 0.05) is 11.3 Å². The fourth-order valence-corrected chi connectivity index (χ4v) is 4.15. The Labute approximate surface area is 181 Å². The van der Waals surface area contributed by atoms with Crippen molar-refractivity contribution in [3.05, 3.63) is 77.4 Å². The number of aryl methyl sites for hydroxylation is 1. The van der Waals surface area contributed by atoms with E-state index in [9.17, 15) is 9.59 Å². The van der Waals surface area contributed by atoms with E-state index in [4.69, 9.17) is 9.47 Å². The highest BCUT2D eigenvalue weighted by atomic mass is 16.6. The van der Waals surface area contributed by atoms with Gasteiger partial charge in [0.25, 0.3) is 0 Å². The minimum absolute atomic E-state index is 0.0133. The molecule has 0 saturated heterocycles. The van der Waals surface area contributed by atoms with Crippen LogP contribution in [0, 0.1) is 6.92 Å². The van der Waals surface area contributed by atoms with E-state index in [1.165, 1.54) is 0 Å². The Kier molecular flexibility index (Phi) is 4.74. The Morgan fingerprint density at radius 1 is 0.968 bits per heavy atom. The number of fused-ring (bicyclic) bond motifs is 1. The van der Waals surface area contributed by atoms with Gasteiger partial charge in [-0.1, -0.05) is 30.3 Å². The number of benzene rings is 3. The lowest BCUT2D eigenvalue weighted by Crippen LogP contribution is -2.28. The fraction of sp³-hybridized carbons (Fsp3) is 0.231. The highest BCUT2D eigenvalue weighted by Crippen LogP contribution is 2.51. The third kappa shape index (κ3) is 3.56. The molecule has 0 aromatic heterocycles. The second-order valence-corrected chi connectivity index (χ2v) is 8.17. The molecule has 1 N–H and O–H groups in total. The molecule has 1 aliphatic heterocycles. The van der Waals surface area contributed by atoms with Gasteiger partial charge in [-0.25, -0.2) is 0 Å². The number of nitrogens with one attached hydrogen (secondary N) is 1. The largest absolute Gasteiger partial charge is 0.486 e. The lowest BCUT2D eigenvalue weighted by molar-refractivity contribution is -0.118. The average Bonchev–Trinajstić information content (AvgIpc) is 3.62. The second kappa shape index (κ2) is 7.58. The zero-order valence-corrected chi connectivity index (χ0v) is 17.3. The SMILES string of the molecule is Cc1ccc(NC(=O)C2(c3ccc4c(c3)OCCO4)CC2)cc1-c1cccc(C=O)c1. The molecule has 5 rings (SSSR count). The monoisotopic (exact) mass is 413 g/mol. The zero-order valence-electron chi connectivity index (χ0n) is 17.3. The Morgan fingerprint density at radius 2 is 1.77 bits per heavy atom. The first-order valence-electron chi connectivity index (χ1n) is 10.5. The van der Waals surface area contributed by atoms with Gasteiger partial charge in [-0.15, -0.1) is 0 Å². The molecule has 0 radical (unpaired) electrons. The van der Waals surface area contributed by atoms with E-state index in [0.29, 0.717) is 24.5 Å². The van der Waals surface area contributed by atoms with Crippen LogP contribution >= 0.6 is 0 Å². The summed E-state index contributed by atoms with van der Waals surface area (Å²) in [4.78, 5) is 24.4. The summed E-state index contributed by atoms with van der Waals surface area (Å²) in [7, 11) is 0. The van der Waals surface area contributed by atoms with Gasteiger partial charge in [0.05, 0.1) is 5.41 Å². The molecule has 1 heterocycles. The Bertz CT molecular complexity index is 1180. The standard InChI is InChI=1S/C26H23NO4/c1-17-5-7-21(15-22(17)19-4-2-3-18(13-19)16-28)27-25(29)26(9-10-26)20-6-8-23-24(14-20)31-12-11-30-23/h2-8,13-16H,9-12H2,1H3,(H,27,29). The highest BCUT2D eigenvalue weighted by molar-refractivity contribution is 6.02. The van der Waals surface area contributed by atoms with E-state index in [1.54, 1.807) is 6.07 Å². The van der Waals surface area contributed by atoms with Gasteiger partial charge in [-0.2, -0.15) is 0 Å². The highest BCUT2D eigenvalue weighted by Gasteiger charge is 2.51. The average molecular weight is 413 g/mol. The molecule has 2 aliphatic rings. The number of hydrogen-bond donors (Lipinski definition) is 1. The predicted octanol–water partition coefficient (Wildman–Crippen LogP) is 4.92. The van der Waals surface area contributed by atoms with E-state index in [1.807, 2.05) is 61.5 Å². The van der Waals surface area contributed by atoms with Gasteiger partial charge >= 0.3 is 0 Å². The Morgan fingerprint density at radius 3 is 2.55 bits per heavy atom. The lowest BCUT2D eigenvalue weighted by Gasteiger charge is -2.22. The van der Waals surface area contributed by atoms with E-state index >= 15 is 0 Å². The van der Waals surface area contributed by atoms with Crippen molar-refractivity contribution in [2.24, 2.45) is 0 Å². The van der Waals surface area contributed by atoms with Crippen LogP contribution < -0.4 is 14.8 Å². The van der Waals surface area contributed by atoms with E-state index in [0.717, 1.165) is 52.8 Å². The number of amides is 1. The molecule has 0 spiro atoms. The molecule has 1 aliphatic carbocycles. The minimum Gasteiger partial charge on any atom is -0.486 e. The maximum absolute atomic E-state index is 13.3. The number of hydrogen-bond acceptors (Lipinski definition) is 4. The number of aldehydes is 1. The summed E-state index contributed by atoms with van der Waals surface area (Å²) in [5.41, 5.74) is 4.82. The summed E-state index contributed by atoms with van der Waals surface area (Å²) in [5.74, 6) is 1.42. The van der Waals surface area contributed by atoms with E-state index in [2.05, 4.69) is 5.32 Å². The molecule has 31 heavy (non-hydrogen) atoms. The predicted molar refractivity (Wildman–Crippen MR) is 119 cm³/mol. The maximum Gasteiger partial charge on any atom is 0.235 e. The van der Waals surface area contributed by atoms with Crippen LogP contribution in [0.2, 0.25) is 0 Å². The smallest absolute Gasteiger partial charge is 0.235 e. The third-order valence-corrected chi connectivity index (χ3v) is 6.11. The fourth-order valence-electron chi connectivity index (χ4n) is 4.15. The van der Waals surface area contributed by atoms with Crippen LogP contribution in [0.1, 0.15) is 34.3 Å². The second-order valence-electron chi connectivity index (χ2n) is 8.17. The van der Waals surface area contributed by atoms with Crippen LogP contribution in [-0.2, 0) is 10.2 Å². The molecular weight excluding hydrogens is 390 g/mol. The number of ether oxygens (including phenoxy) is 2. The summed E-state index contributed by atoms with van der Waals surface area (Å²) in [6.45, 7) is 3.09. The Hall–Kier alpha value is -3.60. The van der Waals surface area contributed by atoms with E-state index in [-0.39, 0.29) is 5.91 Å². The Balaban J connectivity index is 1.41. The first kappa shape index (κ1) is 19.4. The molecular formula is C26H23NO4. The van der Waals surface area contributed by atoms with Gasteiger partial charge in [0.2, 0.25) is 5.91 Å². The normalized spacial score (nSPS) is 15.8. The van der Waals surface area contributed by atoms with Crippen LogP contribution in [0.5, 0.6) is 11.5 Å². The van der Waals surface area contributed by atoms with Crippen LogP contribution in [0.25, 0.3) is 11.1 Å². The molecule has 5 heteroatoms. The molecule has 5 nitrogen and oxygen atoms in total. The van der Waals surface area contributed by atoms with Crippen molar-refractivity contribution in [1.82, 2.24) is 0 Å². The van der Waals surface area contributed by atoms with Crippen LogP contribution in [-0.4, -0.2) is 25.4 Å². The number of carbonyl (C=O) groups is 2. The number of anilines is 1. The first-order valence-corrected chi connectivity index (χ1v) is 10.5. The van der Waals surface area contributed by atoms with E-state index < -0.39 is 5.41 Å². The molecule has 156 valence electrons. The van der Waals surface area contributed by atoms with Crippen LogP contribution in [0.3, 0.4) is 0 Å². The summed E-state index contributed by atoms with van der Waals surface area (Å²) in [6, 6.07) is 19.1. The van der Waals surface area contributed by atoms with Crippen molar-refractivity contribution in [2.45, 2.75) is 25.2 Å². The third-order valence-electron chi connectivity index (χ3n) is 6.11. The van der Waals surface area contributed by atoms with Gasteiger partial charge in [0.1, 0.15) is 19.5 Å². The van der Waals surface area contributed by atoms with Crippen LogP contribution in [0.15, 0.2) is 60.7 Å². The topological polar surface area (TPSA) is 64.6 Å². The van der Waals surface area contributed by atoms with Gasteiger partial charge in [0.15, 0.2) is 11.5 Å². The van der Waals surface area contributed by atoms with Gasteiger partial charge < -0.3 is 14.8 Å². The summed E-state index contributed by atoms with van der Waals surface area (Å²) < 4.78 is 11.3. The minimum atomic E-state index is -0.529. The van der Waals surface area contributed by atoms with Gasteiger partial charge in [-0.05, 0) is 72.4 Å². The number of carbonyl (C=O) groups excluding carboxylic acids is 2. The molecule has 1 saturated carbocycles. The molecule has 0 atom stereocenters. The van der Waals surface area contributed by atoms with Crippen molar-refractivity contribution in [3.63, 3.8) is 0 Å². The summed E-state index contributed by atoms with van der Waals surface area (Å²) in [5, 5.41) is 3.11. The first-order chi connectivity index (χ1) is 15.1. The van der Waals surface area contributed by atoms with Crippen molar-refractivity contribution >= 4 is 17.9 Å². The van der Waals surface area contributed by atoms with Crippen molar-refractivity contribution in [1.29, 1.82) is 0 Å². The molecule has 1 amide bonds. The molecule has 3 aromatic carbocycles. The lowest BCUT2D eigenvalue weighted by atomic mass is 9.94. The van der Waals surface area contributed by atoms with Crippen molar-refractivity contribution in [3.8, 4) is 22.6 Å². The van der Waals surface area contributed by atoms with Crippen molar-refractivity contribution < 1.29 is 19.1 Å². The molecule has 0 bridgehead atoms. The maximum atomic E-state index is 13.3.